The second kappa shape index (κ2) is 14.5. The van der Waals surface area contributed by atoms with E-state index in [2.05, 4.69) is 191 Å². The molecule has 0 aliphatic heterocycles. The highest BCUT2D eigenvalue weighted by atomic mass is 31.1. The Kier molecular flexibility index (Phi) is 9.99. The Bertz CT molecular complexity index is 2280. The van der Waals surface area contributed by atoms with E-state index in [0.717, 1.165) is 0 Å². The van der Waals surface area contributed by atoms with Crippen LogP contribution in [0.25, 0.3) is 43.8 Å². The van der Waals surface area contributed by atoms with Crippen molar-refractivity contribution in [3.63, 3.8) is 0 Å². The molecule has 0 saturated heterocycles. The highest BCUT2D eigenvalue weighted by Gasteiger charge is 2.33. The zero-order valence-corrected chi connectivity index (χ0v) is 33.6. The predicted octanol–water partition coefficient (Wildman–Crippen LogP) is 13.7. The van der Waals surface area contributed by atoms with Gasteiger partial charge in [-0.1, -0.05) is 168 Å². The van der Waals surface area contributed by atoms with E-state index in [1.165, 1.54) is 93.4 Å². The number of hydrogen-bond donors (Lipinski definition) is 0. The Balaban J connectivity index is 1.76. The fourth-order valence-corrected chi connectivity index (χ4v) is 11.9. The van der Waals surface area contributed by atoms with E-state index in [0.29, 0.717) is 17.8 Å². The normalized spacial score (nSPS) is 12.5. The van der Waals surface area contributed by atoms with E-state index in [9.17, 15) is 0 Å². The summed E-state index contributed by atoms with van der Waals surface area (Å²) in [5.74, 6) is 1.19. The monoisotopic (exact) mass is 696 g/mol. The van der Waals surface area contributed by atoms with Crippen LogP contribution in [0, 0.1) is 27.7 Å². The van der Waals surface area contributed by atoms with Crippen molar-refractivity contribution in [1.29, 1.82) is 0 Å². The zero-order valence-electron chi connectivity index (χ0n) is 32.7. The van der Waals surface area contributed by atoms with Gasteiger partial charge in [-0.05, 0) is 141 Å². The second-order valence-electron chi connectivity index (χ2n) is 15.9. The van der Waals surface area contributed by atoms with E-state index >= 15 is 0 Å². The summed E-state index contributed by atoms with van der Waals surface area (Å²) in [6.07, 6.45) is 0. The van der Waals surface area contributed by atoms with Crippen molar-refractivity contribution in [1.82, 2.24) is 0 Å². The molecule has 0 bridgehead atoms. The molecule has 7 rings (SSSR count). The average molecular weight is 697 g/mol. The SMILES string of the molecule is Cc1cc(C)c(P(c2c(-c3cccc4ccccc34)cc(C)cc2-c2cccc3ccccc23)c2c(C(C)C)cc(C(C)C)cc2C(C)C)c(C)c1. The van der Waals surface area contributed by atoms with Gasteiger partial charge in [0.15, 0.2) is 0 Å². The molecule has 0 heterocycles. The molecule has 0 aliphatic carbocycles. The molecule has 0 saturated carbocycles. The number of fused-ring (bicyclic) bond motifs is 2. The summed E-state index contributed by atoms with van der Waals surface area (Å²) in [5.41, 5.74) is 15.1. The highest BCUT2D eigenvalue weighted by molar-refractivity contribution is 7.80. The van der Waals surface area contributed by atoms with Gasteiger partial charge in [0.2, 0.25) is 0 Å². The van der Waals surface area contributed by atoms with Gasteiger partial charge < -0.3 is 0 Å². The minimum absolute atomic E-state index is 0.370. The minimum atomic E-state index is -1.05. The molecule has 0 aromatic heterocycles. The lowest BCUT2D eigenvalue weighted by Gasteiger charge is -2.34. The lowest BCUT2D eigenvalue weighted by molar-refractivity contribution is 0.813. The first-order chi connectivity index (χ1) is 24.9. The van der Waals surface area contributed by atoms with Crippen LogP contribution < -0.4 is 15.9 Å². The van der Waals surface area contributed by atoms with E-state index in [1.807, 2.05) is 0 Å². The predicted molar refractivity (Wildman–Crippen MR) is 232 cm³/mol. The minimum Gasteiger partial charge on any atom is -0.0616 e. The average Bonchev–Trinajstić information content (AvgIpc) is 3.12. The van der Waals surface area contributed by atoms with Gasteiger partial charge in [-0.15, -0.1) is 0 Å². The molecule has 1 atom stereocenters. The largest absolute Gasteiger partial charge is 0.0616 e. The van der Waals surface area contributed by atoms with Gasteiger partial charge in [0.1, 0.15) is 0 Å². The van der Waals surface area contributed by atoms with Crippen LogP contribution in [-0.2, 0) is 0 Å². The highest BCUT2D eigenvalue weighted by Crippen LogP contribution is 2.49. The summed E-state index contributed by atoms with van der Waals surface area (Å²) in [6.45, 7) is 23.6. The fourth-order valence-electron chi connectivity index (χ4n) is 8.39. The van der Waals surface area contributed by atoms with E-state index < -0.39 is 7.92 Å². The molecule has 7 aromatic rings. The van der Waals surface area contributed by atoms with Crippen molar-refractivity contribution in [3.8, 4) is 22.3 Å². The maximum absolute atomic E-state index is 2.56. The number of rotatable bonds is 8. The Morgan fingerprint density at radius 2 is 0.808 bits per heavy atom. The molecular weight excluding hydrogens is 644 g/mol. The molecular formula is C51H53P. The van der Waals surface area contributed by atoms with Crippen LogP contribution in [0.3, 0.4) is 0 Å². The van der Waals surface area contributed by atoms with Crippen LogP contribution in [0.4, 0.5) is 0 Å². The van der Waals surface area contributed by atoms with E-state index in [4.69, 9.17) is 0 Å². The number of aryl methyl sites for hydroxylation is 4. The summed E-state index contributed by atoms with van der Waals surface area (Å²) in [6, 6.07) is 46.6. The topological polar surface area (TPSA) is 0 Å². The van der Waals surface area contributed by atoms with Crippen LogP contribution in [0.1, 0.15) is 98.2 Å². The summed E-state index contributed by atoms with van der Waals surface area (Å²) < 4.78 is 0. The van der Waals surface area contributed by atoms with Crippen LogP contribution >= 0.6 is 7.92 Å². The first-order valence-corrected chi connectivity index (χ1v) is 20.4. The van der Waals surface area contributed by atoms with Gasteiger partial charge in [0, 0.05) is 5.30 Å². The van der Waals surface area contributed by atoms with Gasteiger partial charge in [0.05, 0.1) is 0 Å². The second-order valence-corrected chi connectivity index (χ2v) is 17.9. The molecule has 1 unspecified atom stereocenters. The van der Waals surface area contributed by atoms with Crippen LogP contribution in [0.15, 0.2) is 121 Å². The molecule has 7 aromatic carbocycles. The first kappa shape index (κ1) is 35.9. The lowest BCUT2D eigenvalue weighted by atomic mass is 9.89. The number of hydrogen-bond acceptors (Lipinski definition) is 0. The quantitative estimate of drug-likeness (QED) is 0.139. The standard InChI is InChI=1S/C51H53P/c1-31(2)40-29-45(32(3)4)50(46(30-40)33(5)6)52(49-36(9)25-34(7)26-37(49)10)51-47(43-23-15-19-38-17-11-13-21-41(38)43)27-35(8)28-48(51)44-24-16-20-39-18-12-14-22-42(39)44/h11-33H,1-10H3. The fraction of sp³-hybridized carbons (Fsp3) is 0.255. The Morgan fingerprint density at radius 1 is 0.385 bits per heavy atom. The molecule has 0 N–H and O–H groups in total. The van der Waals surface area contributed by atoms with Crippen molar-refractivity contribution in [2.75, 3.05) is 0 Å². The molecule has 0 aliphatic rings. The molecule has 1 heteroatoms. The molecule has 262 valence electrons. The van der Waals surface area contributed by atoms with Crippen molar-refractivity contribution in [2.24, 2.45) is 0 Å². The smallest absolute Gasteiger partial charge is 0.000694 e. The van der Waals surface area contributed by atoms with Crippen molar-refractivity contribution in [3.05, 3.63) is 160 Å². The van der Waals surface area contributed by atoms with Crippen LogP contribution in [0.2, 0.25) is 0 Å². The zero-order chi connectivity index (χ0) is 36.8. The molecule has 0 radical (unpaired) electrons. The molecule has 0 spiro atoms. The van der Waals surface area contributed by atoms with Gasteiger partial charge >= 0.3 is 0 Å². The third-order valence-corrected chi connectivity index (χ3v) is 13.9. The lowest BCUT2D eigenvalue weighted by Crippen LogP contribution is -2.32. The molecule has 0 fully saturated rings. The van der Waals surface area contributed by atoms with Crippen molar-refractivity contribution >= 4 is 45.4 Å². The summed E-state index contributed by atoms with van der Waals surface area (Å²) in [4.78, 5) is 0. The maximum Gasteiger partial charge on any atom is 0.000694 e. The number of benzene rings is 7. The van der Waals surface area contributed by atoms with Crippen LogP contribution in [-0.4, -0.2) is 0 Å². The summed E-state index contributed by atoms with van der Waals surface area (Å²) in [7, 11) is -1.05. The van der Waals surface area contributed by atoms with E-state index in [1.54, 1.807) is 5.30 Å². The third kappa shape index (κ3) is 6.52. The van der Waals surface area contributed by atoms with Crippen molar-refractivity contribution in [2.45, 2.75) is 87.0 Å². The molecule has 0 nitrogen and oxygen atoms in total. The summed E-state index contributed by atoms with van der Waals surface area (Å²) in [5, 5.41) is 9.66. The first-order valence-electron chi connectivity index (χ1n) is 19.1. The van der Waals surface area contributed by atoms with Gasteiger partial charge in [-0.25, -0.2) is 0 Å². The van der Waals surface area contributed by atoms with Gasteiger partial charge in [-0.3, -0.25) is 0 Å². The Labute approximate surface area is 313 Å². The van der Waals surface area contributed by atoms with Crippen LogP contribution in [0.5, 0.6) is 0 Å². The molecule has 0 amide bonds. The maximum atomic E-state index is 2.56. The van der Waals surface area contributed by atoms with E-state index in [-0.39, 0.29) is 0 Å². The van der Waals surface area contributed by atoms with Gasteiger partial charge in [-0.2, -0.15) is 0 Å². The Morgan fingerprint density at radius 3 is 1.25 bits per heavy atom. The van der Waals surface area contributed by atoms with Gasteiger partial charge in [0.25, 0.3) is 0 Å². The molecule has 52 heavy (non-hydrogen) atoms. The van der Waals surface area contributed by atoms with Crippen molar-refractivity contribution < 1.29 is 0 Å². The summed E-state index contributed by atoms with van der Waals surface area (Å²) >= 11 is 0. The third-order valence-electron chi connectivity index (χ3n) is 10.8. The Hall–Kier alpha value is -4.51.